The number of amides is 2. The van der Waals surface area contributed by atoms with Gasteiger partial charge in [-0.25, -0.2) is 0 Å². The molecule has 0 N–H and O–H groups in total. The van der Waals surface area contributed by atoms with Crippen molar-refractivity contribution in [2.24, 2.45) is 5.92 Å². The minimum absolute atomic E-state index is 0.100. The first kappa shape index (κ1) is 17.0. The maximum atomic E-state index is 12.9. The molecule has 0 aromatic heterocycles. The van der Waals surface area contributed by atoms with Gasteiger partial charge in [-0.2, -0.15) is 0 Å². The largest absolute Gasteiger partial charge is 0.338 e. The van der Waals surface area contributed by atoms with Crippen molar-refractivity contribution in [1.82, 2.24) is 9.80 Å². The van der Waals surface area contributed by atoms with Crippen molar-refractivity contribution >= 4 is 11.8 Å². The van der Waals surface area contributed by atoms with Crippen molar-refractivity contribution in [1.29, 1.82) is 0 Å². The first-order valence-electron chi connectivity index (χ1n) is 9.20. The van der Waals surface area contributed by atoms with Crippen molar-refractivity contribution in [3.05, 3.63) is 35.4 Å². The summed E-state index contributed by atoms with van der Waals surface area (Å²) in [4.78, 5) is 28.5. The monoisotopic (exact) mass is 328 g/mol. The predicted molar refractivity (Wildman–Crippen MR) is 94.6 cm³/mol. The molecule has 3 rings (SSSR count). The van der Waals surface area contributed by atoms with Gasteiger partial charge in [-0.3, -0.25) is 9.59 Å². The second-order valence-electron chi connectivity index (χ2n) is 7.36. The summed E-state index contributed by atoms with van der Waals surface area (Å²) in [5.41, 5.74) is 1.78. The van der Waals surface area contributed by atoms with Gasteiger partial charge >= 0.3 is 0 Å². The summed E-state index contributed by atoms with van der Waals surface area (Å²) in [7, 11) is 1.94. The molecule has 24 heavy (non-hydrogen) atoms. The highest BCUT2D eigenvalue weighted by Gasteiger charge is 2.28. The molecule has 0 spiro atoms. The molecule has 2 aliphatic rings. The van der Waals surface area contributed by atoms with E-state index in [0.29, 0.717) is 24.9 Å². The Morgan fingerprint density at radius 1 is 1.25 bits per heavy atom. The molecule has 4 nitrogen and oxygen atoms in total. The van der Waals surface area contributed by atoms with E-state index in [1.54, 1.807) is 0 Å². The Balaban J connectivity index is 1.70. The van der Waals surface area contributed by atoms with Gasteiger partial charge in [-0.1, -0.05) is 31.9 Å². The minimum atomic E-state index is 0.100. The molecule has 4 heteroatoms. The average Bonchev–Trinajstić information content (AvgIpc) is 2.99. The molecule has 2 atom stereocenters. The summed E-state index contributed by atoms with van der Waals surface area (Å²) >= 11 is 0. The van der Waals surface area contributed by atoms with E-state index in [9.17, 15) is 9.59 Å². The third kappa shape index (κ3) is 3.63. The molecular weight excluding hydrogens is 300 g/mol. The van der Waals surface area contributed by atoms with Gasteiger partial charge in [0.25, 0.3) is 5.91 Å². The van der Waals surface area contributed by atoms with Crippen LogP contribution in [0.25, 0.3) is 0 Å². The summed E-state index contributed by atoms with van der Waals surface area (Å²) in [5.74, 6) is 0.890. The first-order valence-corrected chi connectivity index (χ1v) is 9.20. The van der Waals surface area contributed by atoms with Crippen LogP contribution in [0.4, 0.5) is 0 Å². The fourth-order valence-electron chi connectivity index (χ4n) is 4.12. The molecule has 2 fully saturated rings. The van der Waals surface area contributed by atoms with E-state index < -0.39 is 0 Å². The number of nitrogens with zero attached hydrogens (tertiary/aromatic N) is 2. The van der Waals surface area contributed by atoms with Gasteiger partial charge in [-0.15, -0.1) is 0 Å². The van der Waals surface area contributed by atoms with Crippen LogP contribution in [0.3, 0.4) is 0 Å². The second-order valence-corrected chi connectivity index (χ2v) is 7.36. The summed E-state index contributed by atoms with van der Waals surface area (Å²) < 4.78 is 0. The van der Waals surface area contributed by atoms with Crippen molar-refractivity contribution in [2.45, 2.75) is 58.0 Å². The van der Waals surface area contributed by atoms with E-state index >= 15 is 0 Å². The summed E-state index contributed by atoms with van der Waals surface area (Å²) in [6.07, 6.45) is 6.40. The van der Waals surface area contributed by atoms with Crippen molar-refractivity contribution < 1.29 is 9.59 Å². The summed E-state index contributed by atoms with van der Waals surface area (Å²) in [5, 5.41) is 0. The number of carbonyl (C=O) groups excluding carboxylic acids is 2. The quantitative estimate of drug-likeness (QED) is 0.849. The van der Waals surface area contributed by atoms with Crippen LogP contribution in [0.1, 0.15) is 61.4 Å². The molecule has 1 saturated carbocycles. The second kappa shape index (κ2) is 7.37. The summed E-state index contributed by atoms with van der Waals surface area (Å²) in [6.45, 7) is 3.70. The molecular formula is C20H28N2O2. The molecule has 1 aliphatic carbocycles. The lowest BCUT2D eigenvalue weighted by atomic mass is 9.85. The normalized spacial score (nSPS) is 24.2. The molecule has 0 radical (unpaired) electrons. The molecule has 1 heterocycles. The lowest BCUT2D eigenvalue weighted by Gasteiger charge is -2.36. The van der Waals surface area contributed by atoms with Gasteiger partial charge in [0.2, 0.25) is 5.91 Å². The van der Waals surface area contributed by atoms with Gasteiger partial charge in [0.15, 0.2) is 0 Å². The fraction of sp³-hybridized carbons (Fsp3) is 0.600. The molecule has 1 aromatic carbocycles. The lowest BCUT2D eigenvalue weighted by Crippen LogP contribution is -2.42. The molecule has 1 aliphatic heterocycles. The number of likely N-dealkylation sites (tertiary alicyclic amines) is 1. The average molecular weight is 328 g/mol. The number of carbonyl (C=O) groups is 2. The minimum Gasteiger partial charge on any atom is -0.338 e. The third-order valence-electron chi connectivity index (χ3n) is 5.60. The van der Waals surface area contributed by atoms with Gasteiger partial charge in [0, 0.05) is 38.2 Å². The Labute approximate surface area is 144 Å². The van der Waals surface area contributed by atoms with Gasteiger partial charge in [0.05, 0.1) is 0 Å². The molecule has 2 amide bonds. The molecule has 1 aromatic rings. The Hall–Kier alpha value is -1.84. The maximum Gasteiger partial charge on any atom is 0.253 e. The predicted octanol–water partition coefficient (Wildman–Crippen LogP) is 3.46. The standard InChI is InChI=1S/C20H28N2O2/c1-15-7-3-4-10-18(15)21(2)20(24)17-9-5-8-16(13-17)14-22-12-6-11-19(22)23/h5,8-9,13,15,18H,3-4,6-7,10-12,14H2,1-2H3. The van der Waals surface area contributed by atoms with Crippen molar-refractivity contribution in [2.75, 3.05) is 13.6 Å². The Morgan fingerprint density at radius 3 is 2.75 bits per heavy atom. The van der Waals surface area contributed by atoms with E-state index in [1.807, 2.05) is 41.1 Å². The van der Waals surface area contributed by atoms with Crippen LogP contribution in [0, 0.1) is 5.92 Å². The smallest absolute Gasteiger partial charge is 0.253 e. The van der Waals surface area contributed by atoms with E-state index in [1.165, 1.54) is 19.3 Å². The zero-order valence-electron chi connectivity index (χ0n) is 14.8. The lowest BCUT2D eigenvalue weighted by molar-refractivity contribution is -0.128. The van der Waals surface area contributed by atoms with E-state index in [-0.39, 0.29) is 11.8 Å². The molecule has 0 bridgehead atoms. The SMILES string of the molecule is CC1CCCCC1N(C)C(=O)c1cccc(CN2CCCC2=O)c1. The Morgan fingerprint density at radius 2 is 2.04 bits per heavy atom. The van der Waals surface area contributed by atoms with Gasteiger partial charge < -0.3 is 9.80 Å². The highest BCUT2D eigenvalue weighted by Crippen LogP contribution is 2.28. The van der Waals surface area contributed by atoms with Crippen LogP contribution in [0.5, 0.6) is 0 Å². The maximum absolute atomic E-state index is 12.9. The highest BCUT2D eigenvalue weighted by atomic mass is 16.2. The van der Waals surface area contributed by atoms with Crippen LogP contribution in [0.15, 0.2) is 24.3 Å². The molecule has 2 unspecified atom stereocenters. The molecule has 1 saturated heterocycles. The third-order valence-corrected chi connectivity index (χ3v) is 5.60. The summed E-state index contributed by atoms with van der Waals surface area (Å²) in [6, 6.07) is 8.13. The van der Waals surface area contributed by atoms with Crippen molar-refractivity contribution in [3.63, 3.8) is 0 Å². The van der Waals surface area contributed by atoms with E-state index in [0.717, 1.165) is 30.5 Å². The van der Waals surface area contributed by atoms with Crippen LogP contribution >= 0.6 is 0 Å². The van der Waals surface area contributed by atoms with Crippen LogP contribution in [0.2, 0.25) is 0 Å². The zero-order valence-corrected chi connectivity index (χ0v) is 14.8. The van der Waals surface area contributed by atoms with Gasteiger partial charge in [-0.05, 0) is 42.9 Å². The van der Waals surface area contributed by atoms with Crippen LogP contribution in [-0.4, -0.2) is 41.2 Å². The number of benzene rings is 1. The van der Waals surface area contributed by atoms with E-state index in [4.69, 9.17) is 0 Å². The van der Waals surface area contributed by atoms with Crippen molar-refractivity contribution in [3.8, 4) is 0 Å². The zero-order chi connectivity index (χ0) is 17.1. The highest BCUT2D eigenvalue weighted by molar-refractivity contribution is 5.94. The van der Waals surface area contributed by atoms with Gasteiger partial charge in [0.1, 0.15) is 0 Å². The number of hydrogen-bond donors (Lipinski definition) is 0. The molecule has 130 valence electrons. The fourth-order valence-corrected chi connectivity index (χ4v) is 4.12. The topological polar surface area (TPSA) is 40.6 Å². The van der Waals surface area contributed by atoms with Crippen LogP contribution < -0.4 is 0 Å². The Kier molecular flexibility index (Phi) is 5.22. The van der Waals surface area contributed by atoms with E-state index in [2.05, 4.69) is 6.92 Å². The number of hydrogen-bond acceptors (Lipinski definition) is 2. The van der Waals surface area contributed by atoms with Crippen LogP contribution in [-0.2, 0) is 11.3 Å². The Bertz CT molecular complexity index is 613. The number of rotatable bonds is 4. The first-order chi connectivity index (χ1) is 11.6.